The summed E-state index contributed by atoms with van der Waals surface area (Å²) >= 11 is 0. The van der Waals surface area contributed by atoms with Crippen molar-refractivity contribution < 1.29 is 9.59 Å². The molecule has 1 atom stereocenters. The molecule has 1 aromatic heterocycles. The Morgan fingerprint density at radius 2 is 2.22 bits per heavy atom. The predicted molar refractivity (Wildman–Crippen MR) is 67.3 cm³/mol. The molecule has 1 aliphatic carbocycles. The third-order valence-electron chi connectivity index (χ3n) is 3.21. The van der Waals surface area contributed by atoms with E-state index in [-0.39, 0.29) is 11.7 Å². The van der Waals surface area contributed by atoms with Gasteiger partial charge in [-0.05, 0) is 36.7 Å². The van der Waals surface area contributed by atoms with Crippen molar-refractivity contribution in [3.05, 3.63) is 42.9 Å². The quantitative estimate of drug-likeness (QED) is 0.760. The number of Topliss-reactive ketones (excluding diaryl/α,β-unsaturated/α-hetero) is 1. The molecule has 0 aliphatic heterocycles. The maximum Gasteiger partial charge on any atom is 0.237 e. The smallest absolute Gasteiger partial charge is 0.237 e. The number of pyridine rings is 1. The average molecular weight is 244 g/mol. The molecule has 1 aliphatic rings. The van der Waals surface area contributed by atoms with Gasteiger partial charge in [-0.3, -0.25) is 14.6 Å². The van der Waals surface area contributed by atoms with Gasteiger partial charge in [-0.15, -0.1) is 0 Å². The fourth-order valence-corrected chi connectivity index (χ4v) is 2.19. The van der Waals surface area contributed by atoms with Crippen LogP contribution in [0.5, 0.6) is 0 Å². The van der Waals surface area contributed by atoms with Crippen LogP contribution in [0.1, 0.15) is 24.8 Å². The Kier molecular flexibility index (Phi) is 3.87. The molecule has 0 saturated heterocycles. The van der Waals surface area contributed by atoms with Crippen molar-refractivity contribution in [2.24, 2.45) is 5.92 Å². The normalized spacial score (nSPS) is 18.7. The molecule has 0 radical (unpaired) electrons. The summed E-state index contributed by atoms with van der Waals surface area (Å²) < 4.78 is 0. The summed E-state index contributed by atoms with van der Waals surface area (Å²) in [5.74, 6) is -0.546. The van der Waals surface area contributed by atoms with Crippen molar-refractivity contribution in [1.82, 2.24) is 9.88 Å². The first-order chi connectivity index (χ1) is 8.72. The summed E-state index contributed by atoms with van der Waals surface area (Å²) in [6, 6.07) is 3.69. The Hall–Kier alpha value is -1.97. The van der Waals surface area contributed by atoms with Crippen LogP contribution < -0.4 is 0 Å². The van der Waals surface area contributed by atoms with Crippen molar-refractivity contribution in [3.63, 3.8) is 0 Å². The highest BCUT2D eigenvalue weighted by molar-refractivity contribution is 6.02. The molecule has 1 unspecified atom stereocenters. The lowest BCUT2D eigenvalue weighted by atomic mass is 10.1. The largest absolute Gasteiger partial charge is 0.315 e. The second-order valence-electron chi connectivity index (χ2n) is 4.42. The molecule has 1 amide bonds. The van der Waals surface area contributed by atoms with Gasteiger partial charge in [-0.25, -0.2) is 0 Å². The highest BCUT2D eigenvalue weighted by atomic mass is 16.2. The summed E-state index contributed by atoms with van der Waals surface area (Å²) in [6.07, 6.45) is 6.86. The number of hydrogen-bond acceptors (Lipinski definition) is 3. The van der Waals surface area contributed by atoms with Crippen LogP contribution in [0.3, 0.4) is 0 Å². The van der Waals surface area contributed by atoms with E-state index in [4.69, 9.17) is 0 Å². The number of aromatic nitrogens is 1. The van der Waals surface area contributed by atoms with Gasteiger partial charge >= 0.3 is 0 Å². The van der Waals surface area contributed by atoms with Crippen LogP contribution in [0.25, 0.3) is 0 Å². The minimum atomic E-state index is -0.468. The highest BCUT2D eigenvalue weighted by Crippen LogP contribution is 2.24. The molecule has 0 bridgehead atoms. The minimum Gasteiger partial charge on any atom is -0.315 e. The Balaban J connectivity index is 2.07. The van der Waals surface area contributed by atoms with Crippen molar-refractivity contribution in [3.8, 4) is 0 Å². The first-order valence-electron chi connectivity index (χ1n) is 6.07. The fraction of sp³-hybridized carbons (Fsp3) is 0.357. The van der Waals surface area contributed by atoms with Gasteiger partial charge in [0.2, 0.25) is 5.91 Å². The number of rotatable bonds is 4. The van der Waals surface area contributed by atoms with Crippen LogP contribution in [0.4, 0.5) is 0 Å². The zero-order chi connectivity index (χ0) is 13.0. The van der Waals surface area contributed by atoms with Gasteiger partial charge < -0.3 is 4.90 Å². The number of carbonyl (C=O) groups is 2. The molecule has 1 fully saturated rings. The molecule has 1 heterocycles. The van der Waals surface area contributed by atoms with E-state index in [1.54, 1.807) is 12.4 Å². The van der Waals surface area contributed by atoms with Gasteiger partial charge in [-0.1, -0.05) is 6.58 Å². The number of amides is 1. The van der Waals surface area contributed by atoms with E-state index in [2.05, 4.69) is 11.6 Å². The third-order valence-corrected chi connectivity index (χ3v) is 3.21. The van der Waals surface area contributed by atoms with Gasteiger partial charge in [0.15, 0.2) is 0 Å². The molecule has 94 valence electrons. The molecule has 4 heteroatoms. The van der Waals surface area contributed by atoms with Crippen LogP contribution in [0.2, 0.25) is 0 Å². The lowest BCUT2D eigenvalue weighted by molar-refractivity contribution is -0.138. The Bertz CT molecular complexity index is 456. The summed E-state index contributed by atoms with van der Waals surface area (Å²) in [5.41, 5.74) is 0.976. The molecule has 0 N–H and O–H groups in total. The van der Waals surface area contributed by atoms with Crippen molar-refractivity contribution in [1.29, 1.82) is 0 Å². The summed E-state index contributed by atoms with van der Waals surface area (Å²) in [7, 11) is 0. The minimum absolute atomic E-state index is 0.0570. The van der Waals surface area contributed by atoms with Crippen LogP contribution in [-0.4, -0.2) is 21.6 Å². The fourth-order valence-electron chi connectivity index (χ4n) is 2.19. The zero-order valence-electron chi connectivity index (χ0n) is 10.2. The zero-order valence-corrected chi connectivity index (χ0v) is 10.2. The molecule has 2 rings (SSSR count). The van der Waals surface area contributed by atoms with Gasteiger partial charge in [0, 0.05) is 18.8 Å². The lowest BCUT2D eigenvalue weighted by Crippen LogP contribution is -2.33. The van der Waals surface area contributed by atoms with E-state index in [0.717, 1.165) is 12.0 Å². The van der Waals surface area contributed by atoms with Crippen LogP contribution >= 0.6 is 0 Å². The van der Waals surface area contributed by atoms with E-state index in [1.807, 2.05) is 12.1 Å². The Morgan fingerprint density at radius 1 is 1.50 bits per heavy atom. The number of ketones is 1. The van der Waals surface area contributed by atoms with Crippen molar-refractivity contribution in [2.75, 3.05) is 0 Å². The summed E-state index contributed by atoms with van der Waals surface area (Å²) in [5, 5.41) is 0. The van der Waals surface area contributed by atoms with Gasteiger partial charge in [-0.2, -0.15) is 0 Å². The number of hydrogen-bond donors (Lipinski definition) is 0. The molecule has 18 heavy (non-hydrogen) atoms. The maximum atomic E-state index is 12.2. The van der Waals surface area contributed by atoms with E-state index in [1.165, 1.54) is 11.1 Å². The molecule has 1 aromatic rings. The molecule has 4 nitrogen and oxygen atoms in total. The Morgan fingerprint density at radius 3 is 2.78 bits per heavy atom. The van der Waals surface area contributed by atoms with Crippen LogP contribution in [0, 0.1) is 5.92 Å². The first-order valence-corrected chi connectivity index (χ1v) is 6.07. The van der Waals surface area contributed by atoms with E-state index in [0.29, 0.717) is 19.4 Å². The molecular formula is C14H16N2O2. The predicted octanol–water partition coefficient (Wildman–Crippen LogP) is 1.92. The van der Waals surface area contributed by atoms with E-state index in [9.17, 15) is 9.59 Å². The van der Waals surface area contributed by atoms with Crippen LogP contribution in [0.15, 0.2) is 37.3 Å². The lowest BCUT2D eigenvalue weighted by Gasteiger charge is -2.21. The van der Waals surface area contributed by atoms with Crippen molar-refractivity contribution >= 4 is 11.7 Å². The van der Waals surface area contributed by atoms with Gasteiger partial charge in [0.1, 0.15) is 5.78 Å². The van der Waals surface area contributed by atoms with Gasteiger partial charge in [0.05, 0.1) is 12.5 Å². The first kappa shape index (κ1) is 12.5. The number of carbonyl (C=O) groups excluding carboxylic acids is 2. The molecular weight excluding hydrogens is 228 g/mol. The second kappa shape index (κ2) is 5.58. The average Bonchev–Trinajstić information content (AvgIpc) is 2.82. The third kappa shape index (κ3) is 2.64. The van der Waals surface area contributed by atoms with Crippen LogP contribution in [-0.2, 0) is 16.1 Å². The molecule has 1 saturated carbocycles. The summed E-state index contributed by atoms with van der Waals surface area (Å²) in [4.78, 5) is 29.3. The highest BCUT2D eigenvalue weighted by Gasteiger charge is 2.33. The standard InChI is InChI=1S/C14H16N2O2/c1-2-16(10-11-6-8-15-9-7-11)14(18)12-4-3-5-13(12)17/h2,6-9,12H,1,3-5,10H2. The Labute approximate surface area is 106 Å². The van der Waals surface area contributed by atoms with E-state index >= 15 is 0 Å². The topological polar surface area (TPSA) is 50.3 Å². The number of nitrogens with zero attached hydrogens (tertiary/aromatic N) is 2. The van der Waals surface area contributed by atoms with Gasteiger partial charge in [0.25, 0.3) is 0 Å². The maximum absolute atomic E-state index is 12.2. The molecule has 0 spiro atoms. The summed E-state index contributed by atoms with van der Waals surface area (Å²) in [6.45, 7) is 4.09. The van der Waals surface area contributed by atoms with E-state index < -0.39 is 5.92 Å². The molecule has 0 aromatic carbocycles. The SMILES string of the molecule is C=CN(Cc1ccncc1)C(=O)C1CCCC1=O. The monoisotopic (exact) mass is 244 g/mol. The van der Waals surface area contributed by atoms with Crippen molar-refractivity contribution in [2.45, 2.75) is 25.8 Å². The second-order valence-corrected chi connectivity index (χ2v) is 4.42.